The summed E-state index contributed by atoms with van der Waals surface area (Å²) in [6, 6.07) is 4.18. The van der Waals surface area contributed by atoms with Gasteiger partial charge in [0.15, 0.2) is 0 Å². The predicted octanol–water partition coefficient (Wildman–Crippen LogP) is 3.47. The van der Waals surface area contributed by atoms with Crippen molar-refractivity contribution in [3.63, 3.8) is 0 Å². The van der Waals surface area contributed by atoms with Crippen LogP contribution in [0.1, 0.15) is 23.0 Å². The molecule has 2 atom stereocenters. The first kappa shape index (κ1) is 22.9. The van der Waals surface area contributed by atoms with Crippen LogP contribution < -0.4 is 10.0 Å². The normalized spacial score (nSPS) is 20.9. The highest BCUT2D eigenvalue weighted by Gasteiger charge is 2.41. The lowest BCUT2D eigenvalue weighted by Crippen LogP contribution is -2.55. The minimum absolute atomic E-state index is 0.135. The fraction of sp³-hybridized carbons (Fsp3) is 0.300. The van der Waals surface area contributed by atoms with Crippen molar-refractivity contribution in [2.45, 2.75) is 25.4 Å². The number of anilines is 1. The number of rotatable bonds is 4. The molecule has 12 heteroatoms. The van der Waals surface area contributed by atoms with Crippen molar-refractivity contribution in [2.24, 2.45) is 7.05 Å². The Morgan fingerprint density at radius 1 is 1.34 bits per heavy atom. The van der Waals surface area contributed by atoms with E-state index in [0.717, 1.165) is 32.1 Å². The number of thiophene rings is 1. The lowest BCUT2D eigenvalue weighted by Gasteiger charge is -2.35. The summed E-state index contributed by atoms with van der Waals surface area (Å²) >= 11 is 7.20. The van der Waals surface area contributed by atoms with Crippen LogP contribution in [-0.4, -0.2) is 41.5 Å². The maximum atomic E-state index is 13.4. The van der Waals surface area contributed by atoms with Gasteiger partial charge in [0.1, 0.15) is 11.9 Å². The van der Waals surface area contributed by atoms with Crippen molar-refractivity contribution in [2.75, 3.05) is 12.4 Å². The molecule has 1 amide bonds. The second-order valence-corrected chi connectivity index (χ2v) is 10.7. The lowest BCUT2D eigenvalue weighted by atomic mass is 10.0. The molecule has 1 fully saturated rings. The molecule has 0 unspecified atom stereocenters. The summed E-state index contributed by atoms with van der Waals surface area (Å²) in [5.74, 6) is -1.13. The molecule has 32 heavy (non-hydrogen) atoms. The first-order valence-corrected chi connectivity index (χ1v) is 12.3. The molecule has 1 aliphatic rings. The fourth-order valence-electron chi connectivity index (χ4n) is 3.55. The van der Waals surface area contributed by atoms with Crippen molar-refractivity contribution in [1.82, 2.24) is 18.8 Å². The Hall–Kier alpha value is -2.31. The van der Waals surface area contributed by atoms with Crippen molar-refractivity contribution < 1.29 is 17.6 Å². The number of carbonyl (C=O) groups excluding carboxylic acids is 1. The van der Waals surface area contributed by atoms with Gasteiger partial charge in [-0.15, -0.1) is 11.3 Å². The molecule has 170 valence electrons. The van der Waals surface area contributed by atoms with Gasteiger partial charge in [0.05, 0.1) is 17.3 Å². The van der Waals surface area contributed by atoms with Gasteiger partial charge in [-0.05, 0) is 48.6 Å². The zero-order valence-electron chi connectivity index (χ0n) is 17.5. The first-order valence-electron chi connectivity index (χ1n) is 9.65. The Labute approximate surface area is 194 Å². The number of halogens is 2. The zero-order chi connectivity index (χ0) is 23.2. The Morgan fingerprint density at radius 2 is 2.09 bits per heavy atom. The average Bonchev–Trinajstić information content (AvgIpc) is 3.34. The van der Waals surface area contributed by atoms with Crippen LogP contribution in [0.3, 0.4) is 0 Å². The van der Waals surface area contributed by atoms with E-state index in [0.29, 0.717) is 0 Å². The van der Waals surface area contributed by atoms with Crippen molar-refractivity contribution in [1.29, 1.82) is 0 Å². The molecule has 2 N–H and O–H groups in total. The van der Waals surface area contributed by atoms with Gasteiger partial charge >= 0.3 is 0 Å². The van der Waals surface area contributed by atoms with Crippen LogP contribution in [0.15, 0.2) is 35.8 Å². The van der Waals surface area contributed by atoms with E-state index in [-0.39, 0.29) is 17.1 Å². The summed E-state index contributed by atoms with van der Waals surface area (Å²) in [6.45, 7) is 1.96. The molecule has 0 radical (unpaired) electrons. The molecule has 0 spiro atoms. The largest absolute Gasteiger partial charge is 0.325 e. The molecule has 1 aromatic carbocycles. The minimum atomic E-state index is -3.89. The Balaban J connectivity index is 1.58. The van der Waals surface area contributed by atoms with Gasteiger partial charge < -0.3 is 5.32 Å². The Morgan fingerprint density at radius 3 is 2.75 bits per heavy atom. The molecule has 3 aromatic rings. The number of hydrogen-bond donors (Lipinski definition) is 2. The summed E-state index contributed by atoms with van der Waals surface area (Å²) < 4.78 is 44.3. The summed E-state index contributed by atoms with van der Waals surface area (Å²) in [7, 11) is -0.691. The monoisotopic (exact) mass is 497 g/mol. The van der Waals surface area contributed by atoms with Crippen LogP contribution >= 0.6 is 22.9 Å². The molecule has 1 aliphatic heterocycles. The van der Waals surface area contributed by atoms with Gasteiger partial charge in [0.2, 0.25) is 5.91 Å². The van der Waals surface area contributed by atoms with Crippen LogP contribution in [-0.2, 0) is 22.1 Å². The topological polar surface area (TPSA) is 96.3 Å². The van der Waals surface area contributed by atoms with Gasteiger partial charge in [-0.1, -0.05) is 11.6 Å². The van der Waals surface area contributed by atoms with Crippen molar-refractivity contribution >= 4 is 44.7 Å². The molecular formula is C20H21ClFN5O3S2. The number of aryl methyl sites for hydroxylation is 1. The van der Waals surface area contributed by atoms with E-state index < -0.39 is 34.0 Å². The number of carbonyl (C=O) groups is 1. The number of hydrogen-bond acceptors (Lipinski definition) is 5. The number of nitrogens with one attached hydrogen (secondary N) is 2. The third-order valence-electron chi connectivity index (χ3n) is 5.57. The maximum absolute atomic E-state index is 13.4. The third kappa shape index (κ3) is 4.30. The number of nitrogens with zero attached hydrogens (tertiary/aromatic N) is 3. The van der Waals surface area contributed by atoms with E-state index >= 15 is 0 Å². The number of amides is 1. The third-order valence-corrected chi connectivity index (χ3v) is 8.50. The SMILES string of the molecule is Cc1c(-c2csc([C@@H]3C[C@H](C(=O)Nc4ccc(F)c(Cl)c4)N(C)S(=O)(=O)N3)c2)cnn1C. The standard InChI is InChI=1S/C20H21ClFN5O3S2/c1-11-14(9-23-26(11)2)12-6-19(31-10-12)17-8-18(27(3)32(29,30)25-17)20(28)24-13-4-5-16(22)15(21)7-13/h4-7,9-10,17-18,25H,8H2,1-3H3,(H,24,28)/t17-,18+/m0/s1. The molecule has 1 saturated heterocycles. The molecule has 0 saturated carbocycles. The predicted molar refractivity (Wildman–Crippen MR) is 122 cm³/mol. The fourth-order valence-corrected chi connectivity index (χ4v) is 6.05. The van der Waals surface area contributed by atoms with E-state index in [1.165, 1.54) is 30.5 Å². The van der Waals surface area contributed by atoms with Crippen molar-refractivity contribution in [3.05, 3.63) is 57.3 Å². The Bertz CT molecular complexity index is 1290. The van der Waals surface area contributed by atoms with Crippen molar-refractivity contribution in [3.8, 4) is 11.1 Å². The van der Waals surface area contributed by atoms with E-state index in [4.69, 9.17) is 11.6 Å². The molecule has 3 heterocycles. The molecule has 4 rings (SSSR count). The molecule has 8 nitrogen and oxygen atoms in total. The van der Waals surface area contributed by atoms with Gasteiger partial charge in [-0.3, -0.25) is 9.48 Å². The van der Waals surface area contributed by atoms with Crippen LogP contribution in [0.5, 0.6) is 0 Å². The number of likely N-dealkylation sites (N-methyl/N-ethyl adjacent to an activating group) is 1. The highest BCUT2D eigenvalue weighted by Crippen LogP contribution is 2.36. The van der Waals surface area contributed by atoms with Gasteiger partial charge in [0, 0.05) is 35.9 Å². The number of aromatic nitrogens is 2. The highest BCUT2D eigenvalue weighted by atomic mass is 35.5. The molecule has 0 bridgehead atoms. The van der Waals surface area contributed by atoms with Crippen LogP contribution in [0.25, 0.3) is 11.1 Å². The van der Waals surface area contributed by atoms with Gasteiger partial charge in [-0.2, -0.15) is 22.5 Å². The summed E-state index contributed by atoms with van der Waals surface area (Å²) in [4.78, 5) is 13.7. The molecule has 0 aliphatic carbocycles. The molecular weight excluding hydrogens is 477 g/mol. The maximum Gasteiger partial charge on any atom is 0.280 e. The second kappa shape index (κ2) is 8.56. The summed E-state index contributed by atoms with van der Waals surface area (Å²) in [5.41, 5.74) is 3.19. The summed E-state index contributed by atoms with van der Waals surface area (Å²) in [5, 5.41) is 8.69. The zero-order valence-corrected chi connectivity index (χ0v) is 19.9. The van der Waals surface area contributed by atoms with E-state index in [1.807, 2.05) is 25.4 Å². The minimum Gasteiger partial charge on any atom is -0.325 e. The van der Waals surface area contributed by atoms with Gasteiger partial charge in [-0.25, -0.2) is 4.39 Å². The van der Waals surface area contributed by atoms with E-state index in [1.54, 1.807) is 10.9 Å². The average molecular weight is 498 g/mol. The van der Waals surface area contributed by atoms with E-state index in [2.05, 4.69) is 15.1 Å². The highest BCUT2D eigenvalue weighted by molar-refractivity contribution is 7.87. The quantitative estimate of drug-likeness (QED) is 0.577. The first-order chi connectivity index (χ1) is 15.1. The van der Waals surface area contributed by atoms with E-state index in [9.17, 15) is 17.6 Å². The lowest BCUT2D eigenvalue weighted by molar-refractivity contribution is -0.120. The number of benzene rings is 1. The van der Waals surface area contributed by atoms with Crippen LogP contribution in [0, 0.1) is 12.7 Å². The second-order valence-electron chi connectivity index (χ2n) is 7.57. The smallest absolute Gasteiger partial charge is 0.280 e. The molecule has 2 aromatic heterocycles. The van der Waals surface area contributed by atoms with Crippen LogP contribution in [0.4, 0.5) is 10.1 Å². The summed E-state index contributed by atoms with van der Waals surface area (Å²) in [6.07, 6.45) is 1.99. The Kier molecular flexibility index (Phi) is 6.12. The van der Waals surface area contributed by atoms with Gasteiger partial charge in [0.25, 0.3) is 10.2 Å². The van der Waals surface area contributed by atoms with Crippen LogP contribution in [0.2, 0.25) is 5.02 Å².